The summed E-state index contributed by atoms with van der Waals surface area (Å²) in [4.78, 5) is 12.5. The second-order valence-electron chi connectivity index (χ2n) is 4.99. The standard InChI is InChI=1S/C19H13Cl2NO2/c20-13-10-11-18(24-14-6-2-1-3-7-14)17(12-13)22-19(23)15-8-4-5-9-16(15)21/h1-12H,(H,22,23). The Balaban J connectivity index is 1.88. The largest absolute Gasteiger partial charge is 0.455 e. The van der Waals surface area contributed by atoms with Gasteiger partial charge in [-0.1, -0.05) is 53.5 Å². The molecule has 3 nitrogen and oxygen atoms in total. The third-order valence-corrected chi connectivity index (χ3v) is 3.84. The number of hydrogen-bond donors (Lipinski definition) is 1. The minimum atomic E-state index is -0.333. The molecule has 0 atom stereocenters. The molecular weight excluding hydrogens is 345 g/mol. The van der Waals surface area contributed by atoms with Gasteiger partial charge in [-0.3, -0.25) is 4.79 Å². The smallest absolute Gasteiger partial charge is 0.257 e. The molecule has 0 unspecified atom stereocenters. The maximum absolute atomic E-state index is 12.5. The maximum Gasteiger partial charge on any atom is 0.257 e. The third-order valence-electron chi connectivity index (χ3n) is 3.28. The highest BCUT2D eigenvalue weighted by Crippen LogP contribution is 2.32. The van der Waals surface area contributed by atoms with E-state index in [4.69, 9.17) is 27.9 Å². The monoisotopic (exact) mass is 357 g/mol. The van der Waals surface area contributed by atoms with Gasteiger partial charge < -0.3 is 10.1 Å². The Morgan fingerprint density at radius 3 is 2.33 bits per heavy atom. The fourth-order valence-corrected chi connectivity index (χ4v) is 2.53. The predicted molar refractivity (Wildman–Crippen MR) is 97.4 cm³/mol. The molecule has 0 saturated heterocycles. The first-order chi connectivity index (χ1) is 11.6. The van der Waals surface area contributed by atoms with E-state index in [2.05, 4.69) is 5.32 Å². The lowest BCUT2D eigenvalue weighted by atomic mass is 10.2. The number of nitrogens with one attached hydrogen (secondary N) is 1. The van der Waals surface area contributed by atoms with Crippen molar-refractivity contribution in [3.8, 4) is 11.5 Å². The van der Waals surface area contributed by atoms with Crippen LogP contribution >= 0.6 is 23.2 Å². The van der Waals surface area contributed by atoms with Gasteiger partial charge in [-0.25, -0.2) is 0 Å². The van der Waals surface area contributed by atoms with E-state index in [0.29, 0.717) is 32.8 Å². The van der Waals surface area contributed by atoms with Crippen LogP contribution in [0.3, 0.4) is 0 Å². The SMILES string of the molecule is O=C(Nc1cc(Cl)ccc1Oc1ccccc1)c1ccccc1Cl. The zero-order valence-electron chi connectivity index (χ0n) is 12.5. The second-order valence-corrected chi connectivity index (χ2v) is 5.83. The number of ether oxygens (including phenoxy) is 1. The van der Waals surface area contributed by atoms with E-state index in [-0.39, 0.29) is 5.91 Å². The van der Waals surface area contributed by atoms with Crippen LogP contribution in [0.4, 0.5) is 5.69 Å². The van der Waals surface area contributed by atoms with Crippen LogP contribution in [0.15, 0.2) is 72.8 Å². The molecule has 3 rings (SSSR count). The first-order valence-corrected chi connectivity index (χ1v) is 7.97. The van der Waals surface area contributed by atoms with Gasteiger partial charge in [0.2, 0.25) is 0 Å². The van der Waals surface area contributed by atoms with Crippen LogP contribution in [0, 0.1) is 0 Å². The Kier molecular flexibility index (Phi) is 5.04. The first-order valence-electron chi connectivity index (χ1n) is 7.22. The third kappa shape index (κ3) is 3.88. The molecule has 0 bridgehead atoms. The number of hydrogen-bond acceptors (Lipinski definition) is 2. The molecular formula is C19H13Cl2NO2. The van der Waals surface area contributed by atoms with E-state index in [0.717, 1.165) is 0 Å². The normalized spacial score (nSPS) is 10.2. The Hall–Kier alpha value is -2.49. The summed E-state index contributed by atoms with van der Waals surface area (Å²) in [6.07, 6.45) is 0. The van der Waals surface area contributed by atoms with Gasteiger partial charge in [0.25, 0.3) is 5.91 Å². The molecule has 0 radical (unpaired) electrons. The molecule has 0 aliphatic rings. The summed E-state index contributed by atoms with van der Waals surface area (Å²) < 4.78 is 5.83. The number of anilines is 1. The molecule has 0 saturated carbocycles. The average molecular weight is 358 g/mol. The molecule has 24 heavy (non-hydrogen) atoms. The molecule has 0 spiro atoms. The van der Waals surface area contributed by atoms with Crippen molar-refractivity contribution < 1.29 is 9.53 Å². The maximum atomic E-state index is 12.5. The highest BCUT2D eigenvalue weighted by Gasteiger charge is 2.13. The summed E-state index contributed by atoms with van der Waals surface area (Å²) in [6.45, 7) is 0. The molecule has 3 aromatic carbocycles. The fourth-order valence-electron chi connectivity index (χ4n) is 2.14. The van der Waals surface area contributed by atoms with Gasteiger partial charge in [0, 0.05) is 5.02 Å². The zero-order chi connectivity index (χ0) is 16.9. The number of carbonyl (C=O) groups is 1. The van der Waals surface area contributed by atoms with Crippen LogP contribution < -0.4 is 10.1 Å². The van der Waals surface area contributed by atoms with E-state index < -0.39 is 0 Å². The van der Waals surface area contributed by atoms with E-state index >= 15 is 0 Å². The van der Waals surface area contributed by atoms with Crippen molar-refractivity contribution in [2.45, 2.75) is 0 Å². The average Bonchev–Trinajstić information content (AvgIpc) is 2.58. The van der Waals surface area contributed by atoms with Crippen molar-refractivity contribution in [3.63, 3.8) is 0 Å². The summed E-state index contributed by atoms with van der Waals surface area (Å²) in [5.74, 6) is 0.819. The molecule has 0 aliphatic heterocycles. The Morgan fingerprint density at radius 2 is 1.58 bits per heavy atom. The van der Waals surface area contributed by atoms with Crippen LogP contribution in [0.1, 0.15) is 10.4 Å². The fraction of sp³-hybridized carbons (Fsp3) is 0. The second kappa shape index (κ2) is 7.39. The minimum absolute atomic E-state index is 0.333. The lowest BCUT2D eigenvalue weighted by molar-refractivity contribution is 0.102. The summed E-state index contributed by atoms with van der Waals surface area (Å²) >= 11 is 12.1. The van der Waals surface area contributed by atoms with Gasteiger partial charge in [-0.05, 0) is 42.5 Å². The van der Waals surface area contributed by atoms with Gasteiger partial charge >= 0.3 is 0 Å². The molecule has 1 amide bonds. The van der Waals surface area contributed by atoms with Crippen LogP contribution in [0.2, 0.25) is 10.0 Å². The number of para-hydroxylation sites is 1. The van der Waals surface area contributed by atoms with Crippen LogP contribution in [-0.4, -0.2) is 5.91 Å². The number of amides is 1. The Bertz CT molecular complexity index is 866. The van der Waals surface area contributed by atoms with Gasteiger partial charge in [0.05, 0.1) is 16.3 Å². The van der Waals surface area contributed by atoms with Gasteiger partial charge in [0.15, 0.2) is 5.75 Å². The highest BCUT2D eigenvalue weighted by molar-refractivity contribution is 6.34. The van der Waals surface area contributed by atoms with Crippen molar-refractivity contribution in [1.29, 1.82) is 0 Å². The molecule has 120 valence electrons. The van der Waals surface area contributed by atoms with Crippen LogP contribution in [0.5, 0.6) is 11.5 Å². The van der Waals surface area contributed by atoms with Crippen LogP contribution in [0.25, 0.3) is 0 Å². The Morgan fingerprint density at radius 1 is 0.875 bits per heavy atom. The highest BCUT2D eigenvalue weighted by atomic mass is 35.5. The number of halogens is 2. The molecule has 3 aromatic rings. The van der Waals surface area contributed by atoms with Crippen molar-refractivity contribution in [3.05, 3.63) is 88.4 Å². The van der Waals surface area contributed by atoms with Crippen molar-refractivity contribution in [2.75, 3.05) is 5.32 Å². The van der Waals surface area contributed by atoms with E-state index in [1.807, 2.05) is 30.3 Å². The lowest BCUT2D eigenvalue weighted by Gasteiger charge is -2.13. The lowest BCUT2D eigenvalue weighted by Crippen LogP contribution is -2.13. The molecule has 0 aliphatic carbocycles. The zero-order valence-corrected chi connectivity index (χ0v) is 14.0. The number of benzene rings is 3. The van der Waals surface area contributed by atoms with Crippen molar-refractivity contribution in [1.82, 2.24) is 0 Å². The molecule has 0 aromatic heterocycles. The van der Waals surface area contributed by atoms with Crippen LogP contribution in [-0.2, 0) is 0 Å². The summed E-state index contributed by atoms with van der Waals surface area (Å²) in [5, 5.41) is 3.66. The summed E-state index contributed by atoms with van der Waals surface area (Å²) in [5.41, 5.74) is 0.848. The minimum Gasteiger partial charge on any atom is -0.455 e. The van der Waals surface area contributed by atoms with E-state index in [9.17, 15) is 4.79 Å². The topological polar surface area (TPSA) is 38.3 Å². The van der Waals surface area contributed by atoms with Crippen molar-refractivity contribution in [2.24, 2.45) is 0 Å². The molecule has 0 heterocycles. The van der Waals surface area contributed by atoms with E-state index in [1.165, 1.54) is 0 Å². The number of rotatable bonds is 4. The van der Waals surface area contributed by atoms with Crippen molar-refractivity contribution >= 4 is 34.8 Å². The first kappa shape index (κ1) is 16.4. The quantitative estimate of drug-likeness (QED) is 0.618. The Labute approximate surface area is 149 Å². The van der Waals surface area contributed by atoms with Gasteiger partial charge in [-0.15, -0.1) is 0 Å². The summed E-state index contributed by atoms with van der Waals surface area (Å²) in [6, 6.07) is 21.2. The molecule has 5 heteroatoms. The number of carbonyl (C=O) groups excluding carboxylic acids is 1. The molecule has 0 fully saturated rings. The van der Waals surface area contributed by atoms with E-state index in [1.54, 1.807) is 42.5 Å². The predicted octanol–water partition coefficient (Wildman–Crippen LogP) is 6.04. The molecule has 1 N–H and O–H groups in total. The van der Waals surface area contributed by atoms with Gasteiger partial charge in [-0.2, -0.15) is 0 Å². The summed E-state index contributed by atoms with van der Waals surface area (Å²) in [7, 11) is 0. The van der Waals surface area contributed by atoms with Gasteiger partial charge in [0.1, 0.15) is 5.75 Å².